The molecule has 2 heterocycles. The van der Waals surface area contributed by atoms with E-state index in [1.54, 1.807) is 4.90 Å². The molecular formula is C22H32N4O5S. The Balaban J connectivity index is 1.64. The number of carbonyl (C=O) groups excluding carboxylic acids is 3. The van der Waals surface area contributed by atoms with Gasteiger partial charge in [-0.25, -0.2) is 13.2 Å². The standard InChI is InChI=1S/C22H32N4O5S/c1-14-12-16(22(3,4)5)13-15(2)19(14)32(30,31)26-10-8-25(9-11-26)18(27)7-6-17-20(28)24-21(29)23-17/h12-13,17H,6-11H2,1-5H3,(H2,23,24,28,29)/t17-/m1/s1. The summed E-state index contributed by atoms with van der Waals surface area (Å²) in [5.41, 5.74) is 2.47. The van der Waals surface area contributed by atoms with Gasteiger partial charge in [0.25, 0.3) is 5.91 Å². The third kappa shape index (κ3) is 4.96. The van der Waals surface area contributed by atoms with Crippen LogP contribution in [0.3, 0.4) is 0 Å². The molecule has 0 bridgehead atoms. The zero-order valence-corrected chi connectivity index (χ0v) is 20.1. The van der Waals surface area contributed by atoms with Crippen LogP contribution < -0.4 is 10.6 Å². The van der Waals surface area contributed by atoms with Gasteiger partial charge in [-0.05, 0) is 42.4 Å². The van der Waals surface area contributed by atoms with Crippen LogP contribution in [0.4, 0.5) is 4.79 Å². The minimum atomic E-state index is -3.68. The van der Waals surface area contributed by atoms with E-state index in [4.69, 9.17) is 0 Å². The van der Waals surface area contributed by atoms with Gasteiger partial charge in [0.15, 0.2) is 0 Å². The highest BCUT2D eigenvalue weighted by atomic mass is 32.2. The van der Waals surface area contributed by atoms with Crippen molar-refractivity contribution in [1.82, 2.24) is 19.8 Å². The zero-order chi connectivity index (χ0) is 23.8. The molecule has 1 aromatic carbocycles. The number of carbonyl (C=O) groups is 3. The van der Waals surface area contributed by atoms with Crippen molar-refractivity contribution in [2.24, 2.45) is 0 Å². The first-order valence-electron chi connectivity index (χ1n) is 10.8. The van der Waals surface area contributed by atoms with E-state index >= 15 is 0 Å². The largest absolute Gasteiger partial charge is 0.340 e. The average Bonchev–Trinajstić information content (AvgIpc) is 3.01. The maximum absolute atomic E-state index is 13.4. The first-order valence-corrected chi connectivity index (χ1v) is 12.3. The van der Waals surface area contributed by atoms with Gasteiger partial charge in [0.1, 0.15) is 6.04 Å². The molecule has 2 fully saturated rings. The van der Waals surface area contributed by atoms with Crippen molar-refractivity contribution in [3.63, 3.8) is 0 Å². The molecule has 1 aromatic rings. The van der Waals surface area contributed by atoms with Crippen LogP contribution in [0.15, 0.2) is 17.0 Å². The van der Waals surface area contributed by atoms with E-state index in [9.17, 15) is 22.8 Å². The second kappa shape index (κ2) is 8.82. The van der Waals surface area contributed by atoms with Crippen LogP contribution in [0.2, 0.25) is 0 Å². The van der Waals surface area contributed by atoms with E-state index in [0.717, 1.165) is 16.7 Å². The van der Waals surface area contributed by atoms with E-state index in [-0.39, 0.29) is 37.3 Å². The number of benzene rings is 1. The Hall–Kier alpha value is -2.46. The third-order valence-corrected chi connectivity index (χ3v) is 8.23. The van der Waals surface area contributed by atoms with Crippen molar-refractivity contribution < 1.29 is 22.8 Å². The molecule has 2 aliphatic heterocycles. The van der Waals surface area contributed by atoms with Crippen LogP contribution in [0.5, 0.6) is 0 Å². The summed E-state index contributed by atoms with van der Waals surface area (Å²) in [5.74, 6) is -0.584. The van der Waals surface area contributed by atoms with Gasteiger partial charge in [-0.15, -0.1) is 0 Å². The minimum absolute atomic E-state index is 0.0776. The lowest BCUT2D eigenvalue weighted by Gasteiger charge is -2.35. The number of hydrogen-bond donors (Lipinski definition) is 2. The number of piperazine rings is 1. The number of imide groups is 1. The van der Waals surface area contributed by atoms with E-state index in [2.05, 4.69) is 31.4 Å². The second-order valence-corrected chi connectivity index (χ2v) is 11.4. The monoisotopic (exact) mass is 464 g/mol. The molecule has 176 valence electrons. The zero-order valence-electron chi connectivity index (χ0n) is 19.3. The third-order valence-electron chi connectivity index (χ3n) is 6.02. The molecule has 32 heavy (non-hydrogen) atoms. The van der Waals surface area contributed by atoms with E-state index in [0.29, 0.717) is 18.0 Å². The molecular weight excluding hydrogens is 432 g/mol. The summed E-state index contributed by atoms with van der Waals surface area (Å²) in [6, 6.07) is 2.64. The lowest BCUT2D eigenvalue weighted by Crippen LogP contribution is -2.50. The summed E-state index contributed by atoms with van der Waals surface area (Å²) in [4.78, 5) is 37.2. The molecule has 0 saturated carbocycles. The van der Waals surface area contributed by atoms with Crippen molar-refractivity contribution in [3.8, 4) is 0 Å². The molecule has 2 N–H and O–H groups in total. The number of nitrogens with one attached hydrogen (secondary N) is 2. The number of sulfonamides is 1. The van der Waals surface area contributed by atoms with Gasteiger partial charge in [0.05, 0.1) is 4.90 Å². The normalized spacial score (nSPS) is 20.3. The first-order chi connectivity index (χ1) is 14.8. The molecule has 1 atom stereocenters. The second-order valence-electron chi connectivity index (χ2n) is 9.53. The summed E-state index contributed by atoms with van der Waals surface area (Å²) in [6.45, 7) is 11.0. The van der Waals surface area contributed by atoms with Crippen LogP contribution in [0, 0.1) is 13.8 Å². The van der Waals surface area contributed by atoms with Crippen molar-refractivity contribution in [1.29, 1.82) is 0 Å². The summed E-state index contributed by atoms with van der Waals surface area (Å²) < 4.78 is 28.2. The van der Waals surface area contributed by atoms with Crippen LogP contribution >= 0.6 is 0 Å². The maximum atomic E-state index is 13.4. The smallest absolute Gasteiger partial charge is 0.322 e. The molecule has 0 spiro atoms. The molecule has 0 aliphatic carbocycles. The van der Waals surface area contributed by atoms with Crippen molar-refractivity contribution >= 4 is 27.9 Å². The Kier molecular flexibility index (Phi) is 6.67. The van der Waals surface area contributed by atoms with Gasteiger partial charge < -0.3 is 10.2 Å². The summed E-state index contributed by atoms with van der Waals surface area (Å²) in [7, 11) is -3.68. The molecule has 3 rings (SSSR count). The van der Waals surface area contributed by atoms with Crippen molar-refractivity contribution in [2.45, 2.75) is 63.8 Å². The average molecular weight is 465 g/mol. The quantitative estimate of drug-likeness (QED) is 0.640. The molecule has 4 amide bonds. The molecule has 9 nitrogen and oxygen atoms in total. The topological polar surface area (TPSA) is 116 Å². The number of aryl methyl sites for hydroxylation is 2. The Labute approximate surface area is 189 Å². The van der Waals surface area contributed by atoms with E-state index in [1.165, 1.54) is 4.31 Å². The Bertz CT molecular complexity index is 1010. The molecule has 0 radical (unpaired) electrons. The Morgan fingerprint density at radius 2 is 1.62 bits per heavy atom. The molecule has 2 aliphatic rings. The Morgan fingerprint density at radius 1 is 1.06 bits per heavy atom. The van der Waals surface area contributed by atoms with Gasteiger partial charge in [0, 0.05) is 32.6 Å². The highest BCUT2D eigenvalue weighted by Crippen LogP contribution is 2.31. The summed E-state index contributed by atoms with van der Waals surface area (Å²) in [6.07, 6.45) is 0.324. The highest BCUT2D eigenvalue weighted by Gasteiger charge is 2.34. The SMILES string of the molecule is Cc1cc(C(C)(C)C)cc(C)c1S(=O)(=O)N1CCN(C(=O)CC[C@H]2NC(=O)NC2=O)CC1. The molecule has 10 heteroatoms. The fourth-order valence-corrected chi connectivity index (χ4v) is 6.02. The maximum Gasteiger partial charge on any atom is 0.322 e. The predicted molar refractivity (Wildman–Crippen MR) is 120 cm³/mol. The fraction of sp³-hybridized carbons (Fsp3) is 0.591. The Morgan fingerprint density at radius 3 is 2.09 bits per heavy atom. The van der Waals surface area contributed by atoms with Crippen LogP contribution in [0.25, 0.3) is 0 Å². The van der Waals surface area contributed by atoms with Gasteiger partial charge in [-0.3, -0.25) is 14.9 Å². The van der Waals surface area contributed by atoms with Gasteiger partial charge in [-0.2, -0.15) is 4.31 Å². The van der Waals surface area contributed by atoms with Crippen LogP contribution in [-0.4, -0.2) is 67.7 Å². The predicted octanol–water partition coefficient (Wildman–Crippen LogP) is 1.42. The lowest BCUT2D eigenvalue weighted by molar-refractivity contribution is -0.132. The number of rotatable bonds is 5. The minimum Gasteiger partial charge on any atom is -0.340 e. The fourth-order valence-electron chi connectivity index (χ4n) is 4.19. The van der Waals surface area contributed by atoms with Crippen molar-refractivity contribution in [2.75, 3.05) is 26.2 Å². The molecule has 2 saturated heterocycles. The first kappa shape index (κ1) is 24.2. The number of nitrogens with zero attached hydrogens (tertiary/aromatic N) is 2. The van der Waals surface area contributed by atoms with E-state index in [1.807, 2.05) is 26.0 Å². The molecule has 0 unspecified atom stereocenters. The number of hydrogen-bond acceptors (Lipinski definition) is 5. The lowest BCUT2D eigenvalue weighted by atomic mass is 9.85. The van der Waals surface area contributed by atoms with Crippen LogP contribution in [0.1, 0.15) is 50.3 Å². The molecule has 0 aromatic heterocycles. The number of amides is 4. The van der Waals surface area contributed by atoms with Gasteiger partial charge >= 0.3 is 6.03 Å². The summed E-state index contributed by atoms with van der Waals surface area (Å²) >= 11 is 0. The van der Waals surface area contributed by atoms with Gasteiger partial charge in [0.2, 0.25) is 15.9 Å². The highest BCUT2D eigenvalue weighted by molar-refractivity contribution is 7.89. The van der Waals surface area contributed by atoms with E-state index < -0.39 is 28.0 Å². The van der Waals surface area contributed by atoms with Crippen LogP contribution in [-0.2, 0) is 25.0 Å². The summed E-state index contributed by atoms with van der Waals surface area (Å²) in [5, 5.41) is 4.61. The number of urea groups is 1. The van der Waals surface area contributed by atoms with Gasteiger partial charge in [-0.1, -0.05) is 32.9 Å². The van der Waals surface area contributed by atoms with Crippen molar-refractivity contribution in [3.05, 3.63) is 28.8 Å².